The topological polar surface area (TPSA) is 120 Å². The van der Waals surface area contributed by atoms with Crippen molar-refractivity contribution in [3.8, 4) is 39.4 Å². The zero-order chi connectivity index (χ0) is 31.3. The Morgan fingerprint density at radius 1 is 0.933 bits per heavy atom. The molecule has 7 rings (SSSR count). The van der Waals surface area contributed by atoms with Gasteiger partial charge < -0.3 is 14.6 Å². The van der Waals surface area contributed by atoms with Crippen molar-refractivity contribution < 1.29 is 19.4 Å². The number of benzene rings is 3. The van der Waals surface area contributed by atoms with E-state index < -0.39 is 17.7 Å². The van der Waals surface area contributed by atoms with Gasteiger partial charge in [0, 0.05) is 59.5 Å². The van der Waals surface area contributed by atoms with Crippen molar-refractivity contribution in [2.45, 2.75) is 45.8 Å². The summed E-state index contributed by atoms with van der Waals surface area (Å²) in [4.78, 5) is 34.9. The molecule has 1 N–H and O–H groups in total. The summed E-state index contributed by atoms with van der Waals surface area (Å²) in [5, 5.41) is 13.3. The molecule has 9 nitrogen and oxygen atoms in total. The van der Waals surface area contributed by atoms with E-state index in [9.17, 15) is 9.90 Å². The van der Waals surface area contributed by atoms with Gasteiger partial charge in [-0.2, -0.15) is 0 Å². The lowest BCUT2D eigenvalue weighted by Crippen LogP contribution is -2.28. The summed E-state index contributed by atoms with van der Waals surface area (Å²) in [6.45, 7) is 8.14. The van der Waals surface area contributed by atoms with Gasteiger partial charge in [0.15, 0.2) is 11.9 Å². The molecule has 1 aliphatic rings. The second-order valence-electron chi connectivity index (χ2n) is 12.2. The number of nitrogens with zero attached hydrogens (tertiary/aromatic N) is 5. The van der Waals surface area contributed by atoms with Gasteiger partial charge in [0.05, 0.1) is 23.3 Å². The number of hydrogen-bond acceptors (Lipinski definition) is 8. The molecule has 0 bridgehead atoms. The third-order valence-electron chi connectivity index (χ3n) is 7.99. The van der Waals surface area contributed by atoms with Crippen LogP contribution in [0, 0.1) is 6.92 Å². The van der Waals surface area contributed by atoms with Gasteiger partial charge in [0.25, 0.3) is 0 Å². The average molecular weight is 598 g/mol. The fourth-order valence-electron chi connectivity index (χ4n) is 6.10. The molecule has 4 heterocycles. The maximum absolute atomic E-state index is 12.9. The molecule has 0 amide bonds. The highest BCUT2D eigenvalue weighted by Gasteiger charge is 2.32. The molecule has 0 aliphatic carbocycles. The molecule has 0 radical (unpaired) electrons. The highest BCUT2D eigenvalue weighted by atomic mass is 16.5. The molecule has 0 saturated heterocycles. The molecule has 6 aromatic rings. The highest BCUT2D eigenvalue weighted by Crippen LogP contribution is 2.45. The maximum Gasteiger partial charge on any atom is 0.337 e. The Bertz CT molecular complexity index is 2080. The van der Waals surface area contributed by atoms with Crippen LogP contribution in [0.2, 0.25) is 0 Å². The smallest absolute Gasteiger partial charge is 0.337 e. The van der Waals surface area contributed by atoms with E-state index in [1.54, 1.807) is 24.8 Å². The summed E-state index contributed by atoms with van der Waals surface area (Å²) in [6.07, 6.45) is 9.79. The number of carboxylic acids is 1. The second-order valence-corrected chi connectivity index (χ2v) is 12.2. The van der Waals surface area contributed by atoms with Gasteiger partial charge in [-0.3, -0.25) is 4.98 Å². The normalized spacial score (nSPS) is 13.5. The van der Waals surface area contributed by atoms with Crippen molar-refractivity contribution in [3.63, 3.8) is 0 Å². The zero-order valence-electron chi connectivity index (χ0n) is 25.4. The lowest BCUT2D eigenvalue weighted by Gasteiger charge is -2.29. The Morgan fingerprint density at radius 2 is 1.71 bits per heavy atom. The third-order valence-corrected chi connectivity index (χ3v) is 7.99. The number of pyridine rings is 1. The Balaban J connectivity index is 1.46. The maximum atomic E-state index is 12.9. The van der Waals surface area contributed by atoms with Crippen LogP contribution in [0.4, 0.5) is 0 Å². The summed E-state index contributed by atoms with van der Waals surface area (Å²) in [5.74, 6) is 0.279. The molecule has 0 saturated carbocycles. The van der Waals surface area contributed by atoms with Crippen LogP contribution in [0.1, 0.15) is 43.6 Å². The van der Waals surface area contributed by atoms with Gasteiger partial charge in [0.1, 0.15) is 12.1 Å². The van der Waals surface area contributed by atoms with Gasteiger partial charge in [-0.25, -0.2) is 24.7 Å². The van der Waals surface area contributed by atoms with Crippen molar-refractivity contribution in [1.82, 2.24) is 24.9 Å². The van der Waals surface area contributed by atoms with E-state index in [2.05, 4.69) is 26.0 Å². The first kappa shape index (κ1) is 28.5. The van der Waals surface area contributed by atoms with Gasteiger partial charge in [-0.15, -0.1) is 0 Å². The summed E-state index contributed by atoms with van der Waals surface area (Å²) in [6, 6.07) is 14.1. The lowest BCUT2D eigenvalue weighted by molar-refractivity contribution is -0.160. The standard InChI is InChI=1S/C36H31N5O4/c1-20-13-23-14-22(24-17-40-34(41-18-24)25-15-37-19-38-16-25)5-6-26(23)31(29(20)33(35(42)43)45-36(2,3)4)27-7-8-28-30-21(10-12-44-28)9-11-39-32(27)30/h5-9,11,13-19,33H,10,12H2,1-4H3,(H,42,43)/t33-/m0/s1. The zero-order valence-corrected chi connectivity index (χ0v) is 25.4. The first-order valence-electron chi connectivity index (χ1n) is 14.8. The molecular weight excluding hydrogens is 566 g/mol. The average Bonchev–Trinajstić information content (AvgIpc) is 3.03. The second kappa shape index (κ2) is 11.0. The first-order chi connectivity index (χ1) is 21.7. The Kier molecular flexibility index (Phi) is 6.97. The number of ether oxygens (including phenoxy) is 2. The summed E-state index contributed by atoms with van der Waals surface area (Å²) in [5.41, 5.74) is 6.78. The van der Waals surface area contributed by atoms with E-state index in [0.717, 1.165) is 72.8 Å². The predicted molar refractivity (Wildman–Crippen MR) is 172 cm³/mol. The summed E-state index contributed by atoms with van der Waals surface area (Å²) < 4.78 is 12.2. The number of fused-ring (bicyclic) bond motifs is 1. The molecule has 224 valence electrons. The van der Waals surface area contributed by atoms with Crippen molar-refractivity contribution in [2.75, 3.05) is 6.61 Å². The molecule has 9 heteroatoms. The van der Waals surface area contributed by atoms with Gasteiger partial charge in [-0.05, 0) is 85.0 Å². The van der Waals surface area contributed by atoms with Crippen molar-refractivity contribution in [3.05, 3.63) is 96.5 Å². The van der Waals surface area contributed by atoms with E-state index in [1.165, 1.54) is 6.33 Å². The number of rotatable bonds is 6. The lowest BCUT2D eigenvalue weighted by atomic mass is 9.85. The van der Waals surface area contributed by atoms with Crippen LogP contribution in [0.5, 0.6) is 5.75 Å². The van der Waals surface area contributed by atoms with Crippen molar-refractivity contribution in [2.24, 2.45) is 0 Å². The summed E-state index contributed by atoms with van der Waals surface area (Å²) in [7, 11) is 0. The molecule has 0 unspecified atom stereocenters. The van der Waals surface area contributed by atoms with E-state index in [1.807, 2.05) is 70.3 Å². The Hall–Kier alpha value is -5.28. The number of hydrogen-bond donors (Lipinski definition) is 1. The largest absolute Gasteiger partial charge is 0.493 e. The highest BCUT2D eigenvalue weighted by molar-refractivity contribution is 6.09. The van der Waals surface area contributed by atoms with Gasteiger partial charge in [0.2, 0.25) is 0 Å². The van der Waals surface area contributed by atoms with Crippen molar-refractivity contribution in [1.29, 1.82) is 0 Å². The summed E-state index contributed by atoms with van der Waals surface area (Å²) >= 11 is 0. The monoisotopic (exact) mass is 597 g/mol. The van der Waals surface area contributed by atoms with E-state index in [-0.39, 0.29) is 0 Å². The molecule has 1 aliphatic heterocycles. The number of aromatic nitrogens is 5. The SMILES string of the molecule is Cc1cc2cc(-c3cnc(-c4cncnc4)nc3)ccc2c(-c2ccc3c4c(ccnc24)CCO3)c1[C@H](OC(C)(C)C)C(=O)O. The van der Waals surface area contributed by atoms with Crippen LogP contribution in [0.25, 0.3) is 55.3 Å². The molecule has 3 aromatic carbocycles. The Labute approximate surface area is 260 Å². The van der Waals surface area contributed by atoms with Crippen LogP contribution < -0.4 is 4.74 Å². The minimum absolute atomic E-state index is 0.542. The van der Waals surface area contributed by atoms with Gasteiger partial charge in [-0.1, -0.05) is 18.2 Å². The predicted octanol–water partition coefficient (Wildman–Crippen LogP) is 7.15. The quantitative estimate of drug-likeness (QED) is 0.213. The molecule has 3 aromatic heterocycles. The van der Waals surface area contributed by atoms with Crippen LogP contribution in [0.3, 0.4) is 0 Å². The number of aliphatic carboxylic acids is 1. The first-order valence-corrected chi connectivity index (χ1v) is 14.8. The van der Waals surface area contributed by atoms with Crippen molar-refractivity contribution >= 4 is 27.6 Å². The number of carboxylic acid groups (broad SMARTS) is 1. The minimum atomic E-state index is -1.20. The van der Waals surface area contributed by atoms with E-state index >= 15 is 0 Å². The van der Waals surface area contributed by atoms with Crippen LogP contribution in [-0.4, -0.2) is 48.2 Å². The number of carbonyl (C=O) groups is 1. The molecule has 1 atom stereocenters. The molecular formula is C36H31N5O4. The Morgan fingerprint density at radius 3 is 2.44 bits per heavy atom. The van der Waals surface area contributed by atoms with Gasteiger partial charge >= 0.3 is 5.97 Å². The molecule has 0 fully saturated rings. The third kappa shape index (κ3) is 5.25. The fourth-order valence-corrected chi connectivity index (χ4v) is 6.10. The van der Waals surface area contributed by atoms with Crippen LogP contribution in [-0.2, 0) is 16.0 Å². The molecule has 0 spiro atoms. The molecule has 45 heavy (non-hydrogen) atoms. The van der Waals surface area contributed by atoms with E-state index in [0.29, 0.717) is 18.0 Å². The van der Waals surface area contributed by atoms with E-state index in [4.69, 9.17) is 14.5 Å². The van der Waals surface area contributed by atoms with Crippen LogP contribution >= 0.6 is 0 Å². The minimum Gasteiger partial charge on any atom is -0.493 e. The fraction of sp³-hybridized carbons (Fsp3) is 0.222. The number of aryl methyl sites for hydroxylation is 1. The van der Waals surface area contributed by atoms with Crippen LogP contribution in [0.15, 0.2) is 79.8 Å².